The highest BCUT2D eigenvalue weighted by Crippen LogP contribution is 2.29. The number of imidazole rings is 1. The molecule has 6 heteroatoms. The predicted molar refractivity (Wildman–Crippen MR) is 75.5 cm³/mol. The molecule has 0 spiro atoms. The minimum atomic E-state index is -0.394. The summed E-state index contributed by atoms with van der Waals surface area (Å²) < 4.78 is 15.0. The molecule has 0 aliphatic rings. The fourth-order valence-corrected chi connectivity index (χ4v) is 2.35. The number of fused-ring (bicyclic) bond motifs is 1. The average molecular weight is 296 g/mol. The van der Waals surface area contributed by atoms with Gasteiger partial charge >= 0.3 is 0 Å². The van der Waals surface area contributed by atoms with Gasteiger partial charge in [0.05, 0.1) is 21.7 Å². The van der Waals surface area contributed by atoms with Crippen LogP contribution in [0.15, 0.2) is 36.4 Å². The van der Waals surface area contributed by atoms with Crippen LogP contribution in [0, 0.1) is 5.82 Å². The molecule has 1 heterocycles. The first-order valence-corrected chi connectivity index (χ1v) is 6.21. The Labute approximate surface area is 118 Å². The lowest BCUT2D eigenvalue weighted by atomic mass is 10.2. The maximum absolute atomic E-state index is 13.4. The summed E-state index contributed by atoms with van der Waals surface area (Å²) in [6.45, 7) is 0. The van der Waals surface area contributed by atoms with E-state index in [9.17, 15) is 4.39 Å². The van der Waals surface area contributed by atoms with Crippen LogP contribution in [-0.2, 0) is 0 Å². The highest BCUT2D eigenvalue weighted by atomic mass is 35.5. The maximum atomic E-state index is 13.4. The van der Waals surface area contributed by atoms with Gasteiger partial charge in [-0.05, 0) is 36.4 Å². The zero-order valence-electron chi connectivity index (χ0n) is 9.57. The van der Waals surface area contributed by atoms with Crippen LogP contribution >= 0.6 is 23.2 Å². The third kappa shape index (κ3) is 2.03. The van der Waals surface area contributed by atoms with Gasteiger partial charge in [-0.15, -0.1) is 0 Å². The normalized spacial score (nSPS) is 11.1. The minimum absolute atomic E-state index is 0.227. The van der Waals surface area contributed by atoms with E-state index in [2.05, 4.69) is 4.98 Å². The Balaban J connectivity index is 2.36. The van der Waals surface area contributed by atoms with E-state index in [4.69, 9.17) is 28.9 Å². The Morgan fingerprint density at radius 1 is 1.11 bits per heavy atom. The molecule has 0 aliphatic heterocycles. The summed E-state index contributed by atoms with van der Waals surface area (Å²) in [5.41, 5.74) is 7.68. The largest absolute Gasteiger partial charge is 0.369 e. The summed E-state index contributed by atoms with van der Waals surface area (Å²) in [4.78, 5) is 4.20. The third-order valence-corrected chi connectivity index (χ3v) is 3.35. The van der Waals surface area contributed by atoms with Gasteiger partial charge in [0, 0.05) is 5.02 Å². The van der Waals surface area contributed by atoms with E-state index in [1.807, 2.05) is 0 Å². The molecule has 0 aliphatic carbocycles. The summed E-state index contributed by atoms with van der Waals surface area (Å²) >= 11 is 12.0. The predicted octanol–water partition coefficient (Wildman–Crippen LogP) is 4.05. The number of halogens is 3. The topological polar surface area (TPSA) is 43.8 Å². The van der Waals surface area contributed by atoms with Crippen LogP contribution in [0.25, 0.3) is 16.7 Å². The molecule has 96 valence electrons. The van der Waals surface area contributed by atoms with Crippen molar-refractivity contribution in [3.8, 4) is 5.69 Å². The van der Waals surface area contributed by atoms with Crippen LogP contribution in [0.4, 0.5) is 10.3 Å². The highest BCUT2D eigenvalue weighted by molar-refractivity contribution is 6.32. The molecule has 0 fully saturated rings. The third-order valence-electron chi connectivity index (χ3n) is 2.79. The molecule has 1 aromatic heterocycles. The molecule has 3 rings (SSSR count). The fourth-order valence-electron chi connectivity index (χ4n) is 1.98. The van der Waals surface area contributed by atoms with E-state index in [0.717, 1.165) is 5.52 Å². The first-order chi connectivity index (χ1) is 9.06. The van der Waals surface area contributed by atoms with Gasteiger partial charge in [-0.1, -0.05) is 23.2 Å². The van der Waals surface area contributed by atoms with Crippen LogP contribution in [0.2, 0.25) is 10.0 Å². The number of hydrogen-bond acceptors (Lipinski definition) is 2. The molecule has 0 amide bonds. The van der Waals surface area contributed by atoms with Gasteiger partial charge in [0.15, 0.2) is 0 Å². The van der Waals surface area contributed by atoms with E-state index in [-0.39, 0.29) is 5.95 Å². The lowest BCUT2D eigenvalue weighted by Gasteiger charge is -2.08. The van der Waals surface area contributed by atoms with Crippen molar-refractivity contribution in [1.29, 1.82) is 0 Å². The minimum Gasteiger partial charge on any atom is -0.369 e. The smallest absolute Gasteiger partial charge is 0.205 e. The number of hydrogen-bond donors (Lipinski definition) is 1. The Kier molecular flexibility index (Phi) is 2.84. The molecule has 3 nitrogen and oxygen atoms in total. The van der Waals surface area contributed by atoms with Crippen molar-refractivity contribution < 1.29 is 4.39 Å². The summed E-state index contributed by atoms with van der Waals surface area (Å²) in [5.74, 6) is -0.167. The van der Waals surface area contributed by atoms with Crippen molar-refractivity contribution in [3.63, 3.8) is 0 Å². The van der Waals surface area contributed by atoms with Gasteiger partial charge in [0.25, 0.3) is 0 Å². The lowest BCUT2D eigenvalue weighted by Crippen LogP contribution is -2.01. The van der Waals surface area contributed by atoms with Crippen LogP contribution in [-0.4, -0.2) is 9.55 Å². The summed E-state index contributed by atoms with van der Waals surface area (Å²) in [6, 6.07) is 9.26. The van der Waals surface area contributed by atoms with Crippen LogP contribution in [0.1, 0.15) is 0 Å². The van der Waals surface area contributed by atoms with E-state index < -0.39 is 5.82 Å². The number of anilines is 1. The Bertz CT molecular complexity index is 783. The van der Waals surface area contributed by atoms with Crippen LogP contribution < -0.4 is 5.73 Å². The SMILES string of the molecule is Nc1nc2cc(Cl)ccc2n1-c1cc(F)ccc1Cl. The van der Waals surface area contributed by atoms with Crippen molar-refractivity contribution in [1.82, 2.24) is 9.55 Å². The maximum Gasteiger partial charge on any atom is 0.205 e. The van der Waals surface area contributed by atoms with E-state index in [1.54, 1.807) is 22.8 Å². The van der Waals surface area contributed by atoms with Crippen molar-refractivity contribution in [2.45, 2.75) is 0 Å². The Morgan fingerprint density at radius 2 is 1.89 bits per heavy atom. The number of aromatic nitrogens is 2. The van der Waals surface area contributed by atoms with Crippen molar-refractivity contribution in [2.24, 2.45) is 0 Å². The summed E-state index contributed by atoms with van der Waals surface area (Å²) in [5, 5.41) is 0.949. The molecule has 0 bridgehead atoms. The molecule has 0 atom stereocenters. The van der Waals surface area contributed by atoms with Gasteiger partial charge in [0.1, 0.15) is 5.82 Å². The number of nitrogens with two attached hydrogens (primary N) is 1. The zero-order chi connectivity index (χ0) is 13.6. The summed E-state index contributed by atoms with van der Waals surface area (Å²) in [7, 11) is 0. The molecular formula is C13H8Cl2FN3. The number of benzene rings is 2. The monoisotopic (exact) mass is 295 g/mol. The lowest BCUT2D eigenvalue weighted by molar-refractivity contribution is 0.627. The first kappa shape index (κ1) is 12.3. The second-order valence-corrected chi connectivity index (χ2v) is 4.88. The van der Waals surface area contributed by atoms with Gasteiger partial charge < -0.3 is 5.73 Å². The number of nitrogen functional groups attached to an aromatic ring is 1. The van der Waals surface area contributed by atoms with Gasteiger partial charge in [0.2, 0.25) is 5.95 Å². The zero-order valence-corrected chi connectivity index (χ0v) is 11.1. The second kappa shape index (κ2) is 4.40. The molecule has 0 saturated heterocycles. The molecule has 19 heavy (non-hydrogen) atoms. The first-order valence-electron chi connectivity index (χ1n) is 5.45. The molecule has 2 aromatic carbocycles. The average Bonchev–Trinajstić information content (AvgIpc) is 2.67. The Morgan fingerprint density at radius 3 is 2.68 bits per heavy atom. The molecule has 0 radical (unpaired) electrons. The highest BCUT2D eigenvalue weighted by Gasteiger charge is 2.13. The van der Waals surface area contributed by atoms with Crippen LogP contribution in [0.5, 0.6) is 0 Å². The van der Waals surface area contributed by atoms with Gasteiger partial charge in [-0.2, -0.15) is 0 Å². The fraction of sp³-hybridized carbons (Fsp3) is 0. The summed E-state index contributed by atoms with van der Waals surface area (Å²) in [6.07, 6.45) is 0. The molecule has 2 N–H and O–H groups in total. The van der Waals surface area contributed by atoms with Crippen molar-refractivity contribution in [2.75, 3.05) is 5.73 Å². The second-order valence-electron chi connectivity index (χ2n) is 4.03. The number of nitrogens with zero attached hydrogens (tertiary/aromatic N) is 2. The number of rotatable bonds is 1. The quantitative estimate of drug-likeness (QED) is 0.736. The van der Waals surface area contributed by atoms with E-state index in [0.29, 0.717) is 21.2 Å². The molecule has 3 aromatic rings. The van der Waals surface area contributed by atoms with Gasteiger partial charge in [-0.25, -0.2) is 9.37 Å². The van der Waals surface area contributed by atoms with Gasteiger partial charge in [-0.3, -0.25) is 4.57 Å². The van der Waals surface area contributed by atoms with Crippen LogP contribution in [0.3, 0.4) is 0 Å². The Hall–Kier alpha value is -1.78. The van der Waals surface area contributed by atoms with E-state index in [1.165, 1.54) is 18.2 Å². The van der Waals surface area contributed by atoms with Crippen molar-refractivity contribution in [3.05, 3.63) is 52.3 Å². The standard InChI is InChI=1S/C13H8Cl2FN3/c14-7-1-4-11-10(5-7)18-13(17)19(11)12-6-8(16)2-3-9(12)15/h1-6H,(H2,17,18). The van der Waals surface area contributed by atoms with Crippen molar-refractivity contribution >= 4 is 40.2 Å². The molecular weight excluding hydrogens is 288 g/mol. The van der Waals surface area contributed by atoms with E-state index >= 15 is 0 Å². The molecule has 0 saturated carbocycles. The molecule has 0 unspecified atom stereocenters.